The van der Waals surface area contributed by atoms with Crippen LogP contribution < -0.4 is 10.6 Å². The predicted octanol–water partition coefficient (Wildman–Crippen LogP) is 4.25. The van der Waals surface area contributed by atoms with Crippen LogP contribution in [0.15, 0.2) is 73.4 Å². The van der Waals surface area contributed by atoms with Gasteiger partial charge in [-0.2, -0.15) is 18.3 Å². The molecule has 200 valence electrons. The van der Waals surface area contributed by atoms with Crippen LogP contribution >= 0.6 is 0 Å². The number of fused-ring (bicyclic) bond motifs is 1. The third kappa shape index (κ3) is 5.39. The van der Waals surface area contributed by atoms with Gasteiger partial charge in [-0.3, -0.25) is 9.59 Å². The number of benzene rings is 2. The summed E-state index contributed by atoms with van der Waals surface area (Å²) >= 11 is 0. The Kier molecular flexibility index (Phi) is 6.79. The highest BCUT2D eigenvalue weighted by atomic mass is 19.4. The highest BCUT2D eigenvalue weighted by Crippen LogP contribution is 2.32. The summed E-state index contributed by atoms with van der Waals surface area (Å²) in [7, 11) is 1.41. The summed E-state index contributed by atoms with van der Waals surface area (Å²) in [5.74, 6) is 4.80. The summed E-state index contributed by atoms with van der Waals surface area (Å²) in [6, 6.07) is 11.5. The largest absolute Gasteiger partial charge is 0.416 e. The van der Waals surface area contributed by atoms with Gasteiger partial charge in [0.2, 0.25) is 0 Å². The van der Waals surface area contributed by atoms with E-state index in [0.29, 0.717) is 22.6 Å². The van der Waals surface area contributed by atoms with Crippen LogP contribution in [-0.4, -0.2) is 43.0 Å². The molecule has 3 aromatic heterocycles. The van der Waals surface area contributed by atoms with Crippen molar-refractivity contribution in [2.75, 3.05) is 12.4 Å². The molecule has 0 atom stereocenters. The summed E-state index contributed by atoms with van der Waals surface area (Å²) < 4.78 is 43.9. The second kappa shape index (κ2) is 10.4. The average molecular weight is 544 g/mol. The van der Waals surface area contributed by atoms with Gasteiger partial charge in [-0.1, -0.05) is 12.0 Å². The highest BCUT2D eigenvalue weighted by molar-refractivity contribution is 6.05. The quantitative estimate of drug-likeness (QED) is 0.330. The molecule has 0 aliphatic carbocycles. The SMILES string of the molecule is CNC(=O)c1cn(-c2cc(C(=O)Nc3ccc(C)c(C#Cc4cnc5cccnn45)c3)cc(C(F)(F)F)c2)cn1. The monoisotopic (exact) mass is 543 g/mol. The number of carbonyl (C=O) groups is 2. The fourth-order valence-corrected chi connectivity index (χ4v) is 3.85. The Hall–Kier alpha value is -5.44. The summed E-state index contributed by atoms with van der Waals surface area (Å²) in [5.41, 5.74) is 1.77. The number of halogens is 3. The summed E-state index contributed by atoms with van der Waals surface area (Å²) in [4.78, 5) is 33.1. The van der Waals surface area contributed by atoms with Gasteiger partial charge < -0.3 is 15.2 Å². The molecule has 2 N–H and O–H groups in total. The summed E-state index contributed by atoms with van der Waals surface area (Å²) in [6.45, 7) is 1.85. The number of nitrogens with one attached hydrogen (secondary N) is 2. The number of aryl methyl sites for hydroxylation is 1. The number of aromatic nitrogens is 5. The van der Waals surface area contributed by atoms with Gasteiger partial charge in [0.25, 0.3) is 11.8 Å². The summed E-state index contributed by atoms with van der Waals surface area (Å²) in [5, 5.41) is 9.26. The first-order valence-corrected chi connectivity index (χ1v) is 11.8. The van der Waals surface area contributed by atoms with E-state index in [0.717, 1.165) is 17.7 Å². The Balaban J connectivity index is 1.44. The highest BCUT2D eigenvalue weighted by Gasteiger charge is 2.32. The van der Waals surface area contributed by atoms with Crippen LogP contribution in [0.3, 0.4) is 0 Å². The van der Waals surface area contributed by atoms with E-state index < -0.39 is 23.6 Å². The molecule has 9 nitrogen and oxygen atoms in total. The van der Waals surface area contributed by atoms with E-state index in [1.165, 1.54) is 30.2 Å². The van der Waals surface area contributed by atoms with Crippen LogP contribution in [0.4, 0.5) is 18.9 Å². The smallest absolute Gasteiger partial charge is 0.354 e. The number of carbonyl (C=O) groups excluding carboxylic acids is 2. The molecule has 40 heavy (non-hydrogen) atoms. The lowest BCUT2D eigenvalue weighted by Gasteiger charge is -2.13. The molecule has 0 spiro atoms. The molecule has 2 aromatic carbocycles. The van der Waals surface area contributed by atoms with Crippen molar-refractivity contribution in [3.05, 3.63) is 107 Å². The Morgan fingerprint density at radius 3 is 2.60 bits per heavy atom. The number of nitrogens with zero attached hydrogens (tertiary/aromatic N) is 5. The lowest BCUT2D eigenvalue weighted by atomic mass is 10.1. The second-order valence-electron chi connectivity index (χ2n) is 8.68. The first kappa shape index (κ1) is 26.2. The standard InChI is InChI=1S/C28H20F3N7O2/c1-17-5-7-21(11-18(17)6-8-22-14-33-25-4-3-9-35-38(22)25)36-26(39)19-10-20(28(29,30)31)13-23(12-19)37-15-24(34-16-37)27(40)32-2/h3-5,7,9-16H,1-2H3,(H,32,40)(H,36,39). The number of anilines is 1. The maximum Gasteiger partial charge on any atom is 0.416 e. The fraction of sp³-hybridized carbons (Fsp3) is 0.107. The van der Waals surface area contributed by atoms with Gasteiger partial charge in [-0.15, -0.1) is 0 Å². The third-order valence-electron chi connectivity index (χ3n) is 5.95. The van der Waals surface area contributed by atoms with E-state index in [2.05, 4.69) is 37.5 Å². The molecule has 0 saturated carbocycles. The Morgan fingerprint density at radius 1 is 1.00 bits per heavy atom. The molecule has 0 saturated heterocycles. The van der Waals surface area contributed by atoms with Crippen LogP contribution in [0.1, 0.15) is 43.2 Å². The van der Waals surface area contributed by atoms with Crippen molar-refractivity contribution in [1.82, 2.24) is 29.5 Å². The number of alkyl halides is 3. The van der Waals surface area contributed by atoms with E-state index in [-0.39, 0.29) is 16.9 Å². The Labute approximate surface area is 225 Å². The molecule has 3 heterocycles. The van der Waals surface area contributed by atoms with Crippen LogP contribution in [0.25, 0.3) is 11.3 Å². The zero-order chi connectivity index (χ0) is 28.4. The van der Waals surface area contributed by atoms with Gasteiger partial charge >= 0.3 is 6.18 Å². The normalized spacial score (nSPS) is 11.1. The van der Waals surface area contributed by atoms with Crippen LogP contribution in [0.5, 0.6) is 0 Å². The molecule has 0 aliphatic heterocycles. The minimum Gasteiger partial charge on any atom is -0.354 e. The van der Waals surface area contributed by atoms with Crippen molar-refractivity contribution in [3.63, 3.8) is 0 Å². The van der Waals surface area contributed by atoms with Gasteiger partial charge in [0.1, 0.15) is 17.7 Å². The van der Waals surface area contributed by atoms with E-state index in [4.69, 9.17) is 0 Å². The molecule has 0 fully saturated rings. The van der Waals surface area contributed by atoms with Gasteiger partial charge in [0.05, 0.1) is 11.8 Å². The molecule has 12 heteroatoms. The molecular formula is C28H20F3N7O2. The number of hydrogen-bond donors (Lipinski definition) is 2. The number of amides is 2. The van der Waals surface area contributed by atoms with Crippen molar-refractivity contribution in [2.24, 2.45) is 0 Å². The maximum atomic E-state index is 13.7. The van der Waals surface area contributed by atoms with E-state index in [1.54, 1.807) is 47.2 Å². The van der Waals surface area contributed by atoms with Crippen molar-refractivity contribution in [2.45, 2.75) is 13.1 Å². The Morgan fingerprint density at radius 2 is 1.82 bits per heavy atom. The van der Waals surface area contributed by atoms with E-state index >= 15 is 0 Å². The molecular weight excluding hydrogens is 523 g/mol. The number of rotatable bonds is 4. The van der Waals surface area contributed by atoms with Gasteiger partial charge in [-0.05, 0) is 60.9 Å². The molecule has 0 bridgehead atoms. The predicted molar refractivity (Wildman–Crippen MR) is 140 cm³/mol. The number of hydrogen-bond acceptors (Lipinski definition) is 5. The maximum absolute atomic E-state index is 13.7. The zero-order valence-electron chi connectivity index (χ0n) is 21.1. The van der Waals surface area contributed by atoms with Crippen LogP contribution in [0.2, 0.25) is 0 Å². The first-order chi connectivity index (χ1) is 19.1. The van der Waals surface area contributed by atoms with Crippen molar-refractivity contribution < 1.29 is 22.8 Å². The minimum absolute atomic E-state index is 0.0129. The first-order valence-electron chi connectivity index (χ1n) is 11.8. The van der Waals surface area contributed by atoms with Crippen molar-refractivity contribution in [3.8, 4) is 17.5 Å². The van der Waals surface area contributed by atoms with Crippen molar-refractivity contribution >= 4 is 23.1 Å². The Bertz CT molecular complexity index is 1830. The van der Waals surface area contributed by atoms with Crippen LogP contribution in [-0.2, 0) is 6.18 Å². The van der Waals surface area contributed by atoms with Gasteiger partial charge in [0, 0.05) is 41.9 Å². The van der Waals surface area contributed by atoms with Gasteiger partial charge in [-0.25, -0.2) is 14.5 Å². The lowest BCUT2D eigenvalue weighted by Crippen LogP contribution is -2.18. The van der Waals surface area contributed by atoms with E-state index in [9.17, 15) is 22.8 Å². The van der Waals surface area contributed by atoms with Crippen molar-refractivity contribution in [1.29, 1.82) is 0 Å². The topological polar surface area (TPSA) is 106 Å². The van der Waals surface area contributed by atoms with Gasteiger partial charge in [0.15, 0.2) is 5.65 Å². The number of imidazole rings is 2. The third-order valence-corrected chi connectivity index (χ3v) is 5.95. The zero-order valence-corrected chi connectivity index (χ0v) is 21.1. The fourth-order valence-electron chi connectivity index (χ4n) is 3.85. The van der Waals surface area contributed by atoms with Crippen LogP contribution in [0, 0.1) is 18.8 Å². The summed E-state index contributed by atoms with van der Waals surface area (Å²) in [6.07, 6.45) is 0.980. The molecule has 0 radical (unpaired) electrons. The molecule has 2 amide bonds. The molecule has 0 aliphatic rings. The lowest BCUT2D eigenvalue weighted by molar-refractivity contribution is -0.137. The minimum atomic E-state index is -4.71. The molecule has 0 unspecified atom stereocenters. The molecule has 5 aromatic rings. The second-order valence-corrected chi connectivity index (χ2v) is 8.68. The average Bonchev–Trinajstić information content (AvgIpc) is 3.60. The van der Waals surface area contributed by atoms with E-state index in [1.807, 2.05) is 6.92 Å². The molecule has 5 rings (SSSR count).